The number of nitrogens with one attached hydrogen (secondary N) is 1. The summed E-state index contributed by atoms with van der Waals surface area (Å²) >= 11 is 0. The maximum Gasteiger partial charge on any atom is 0.244 e. The molecule has 0 saturated carbocycles. The Morgan fingerprint density at radius 1 is 1.31 bits per heavy atom. The van der Waals surface area contributed by atoms with Crippen molar-refractivity contribution in [2.24, 2.45) is 0 Å². The van der Waals surface area contributed by atoms with Gasteiger partial charge in [-0.2, -0.15) is 0 Å². The van der Waals surface area contributed by atoms with Gasteiger partial charge in [-0.25, -0.2) is 9.37 Å². The van der Waals surface area contributed by atoms with Crippen LogP contribution in [-0.4, -0.2) is 28.7 Å². The molecule has 3 aromatic rings. The van der Waals surface area contributed by atoms with Crippen LogP contribution in [0.15, 0.2) is 61.1 Å². The van der Waals surface area contributed by atoms with Gasteiger partial charge in [0.1, 0.15) is 11.9 Å². The van der Waals surface area contributed by atoms with Gasteiger partial charge in [-0.3, -0.25) is 4.79 Å². The lowest BCUT2D eigenvalue weighted by molar-refractivity contribution is -0.117. The molecular weight excluding hydrogens is 369 g/mol. The lowest BCUT2D eigenvalue weighted by Crippen LogP contribution is -2.30. The van der Waals surface area contributed by atoms with Gasteiger partial charge in [0, 0.05) is 18.7 Å². The molecule has 0 spiro atoms. The minimum atomic E-state index is -1.11. The van der Waals surface area contributed by atoms with Crippen molar-refractivity contribution in [1.82, 2.24) is 14.9 Å². The lowest BCUT2D eigenvalue weighted by atomic mass is 10.1. The van der Waals surface area contributed by atoms with Gasteiger partial charge in [0.15, 0.2) is 0 Å². The number of nitrogens with zero attached hydrogens (tertiary/aromatic N) is 2. The molecule has 29 heavy (non-hydrogen) atoms. The number of halogens is 1. The Labute approximate surface area is 168 Å². The number of amides is 1. The zero-order chi connectivity index (χ0) is 20.4. The van der Waals surface area contributed by atoms with Crippen LogP contribution in [0.2, 0.25) is 0 Å². The van der Waals surface area contributed by atoms with Gasteiger partial charge in [0.25, 0.3) is 0 Å². The van der Waals surface area contributed by atoms with Crippen LogP contribution >= 0.6 is 0 Å². The Bertz CT molecular complexity index is 1070. The smallest absolute Gasteiger partial charge is 0.244 e. The first-order valence-corrected chi connectivity index (χ1v) is 9.44. The van der Waals surface area contributed by atoms with E-state index in [0.29, 0.717) is 12.2 Å². The number of benzene rings is 2. The summed E-state index contributed by atoms with van der Waals surface area (Å²) in [6, 6.07) is 12.5. The number of aryl methyl sites for hydroxylation is 1. The monoisotopic (exact) mass is 391 g/mol. The molecule has 0 saturated heterocycles. The molecule has 148 valence electrons. The number of hydrogen-bond donors (Lipinski definition) is 1. The largest absolute Gasteiger partial charge is 0.495 e. The van der Waals surface area contributed by atoms with Crippen LogP contribution in [-0.2, 0) is 11.2 Å². The number of alkyl halides is 1. The Hall–Kier alpha value is -3.41. The van der Waals surface area contributed by atoms with Crippen LogP contribution in [0.5, 0.6) is 5.75 Å². The highest BCUT2D eigenvalue weighted by Crippen LogP contribution is 2.33. The van der Waals surface area contributed by atoms with Crippen molar-refractivity contribution >= 4 is 12.0 Å². The first kappa shape index (κ1) is 18.9. The summed E-state index contributed by atoms with van der Waals surface area (Å²) in [7, 11) is 1.60. The summed E-state index contributed by atoms with van der Waals surface area (Å²) in [6.07, 6.45) is 5.97. The summed E-state index contributed by atoms with van der Waals surface area (Å²) in [5, 5.41) is 2.78. The van der Waals surface area contributed by atoms with Crippen molar-refractivity contribution in [3.05, 3.63) is 83.4 Å². The Balaban J connectivity index is 1.48. The van der Waals surface area contributed by atoms with Gasteiger partial charge < -0.3 is 14.6 Å². The number of carbonyl (C=O) groups is 1. The zero-order valence-corrected chi connectivity index (χ0v) is 16.3. The number of ether oxygens (including phenoxy) is 1. The molecule has 1 N–H and O–H groups in total. The molecule has 1 aromatic heterocycles. The van der Waals surface area contributed by atoms with E-state index >= 15 is 0 Å². The molecule has 6 heteroatoms. The Morgan fingerprint density at radius 3 is 2.90 bits per heavy atom. The van der Waals surface area contributed by atoms with E-state index in [0.717, 1.165) is 28.1 Å². The highest BCUT2D eigenvalue weighted by atomic mass is 19.1. The normalized spacial score (nSPS) is 18.0. The zero-order valence-electron chi connectivity index (χ0n) is 16.3. The topological polar surface area (TPSA) is 56.1 Å². The second kappa shape index (κ2) is 7.91. The van der Waals surface area contributed by atoms with E-state index in [2.05, 4.69) is 10.3 Å². The number of carbonyl (C=O) groups excluding carboxylic acids is 1. The molecule has 0 aliphatic heterocycles. The highest BCUT2D eigenvalue weighted by molar-refractivity contribution is 5.92. The third-order valence-electron chi connectivity index (χ3n) is 5.09. The molecule has 1 aliphatic carbocycles. The first-order valence-electron chi connectivity index (χ1n) is 9.44. The van der Waals surface area contributed by atoms with E-state index in [1.165, 1.54) is 6.08 Å². The summed E-state index contributed by atoms with van der Waals surface area (Å²) in [6.45, 7) is 1.92. The molecule has 0 bridgehead atoms. The van der Waals surface area contributed by atoms with Gasteiger partial charge >= 0.3 is 0 Å². The number of methoxy groups -OCH3 is 1. The second-order valence-corrected chi connectivity index (χ2v) is 7.09. The van der Waals surface area contributed by atoms with E-state index in [1.54, 1.807) is 19.5 Å². The third-order valence-corrected chi connectivity index (χ3v) is 5.09. The van der Waals surface area contributed by atoms with Crippen molar-refractivity contribution in [2.45, 2.75) is 25.6 Å². The molecule has 0 radical (unpaired) electrons. The van der Waals surface area contributed by atoms with Crippen molar-refractivity contribution in [1.29, 1.82) is 0 Å². The Morgan fingerprint density at radius 2 is 2.14 bits per heavy atom. The number of hydrogen-bond acceptors (Lipinski definition) is 3. The summed E-state index contributed by atoms with van der Waals surface area (Å²) in [5.41, 5.74) is 4.37. The predicted octanol–water partition coefficient (Wildman–Crippen LogP) is 3.95. The van der Waals surface area contributed by atoms with Gasteiger partial charge in [0.2, 0.25) is 5.91 Å². The second-order valence-electron chi connectivity index (χ2n) is 7.09. The van der Waals surface area contributed by atoms with Crippen LogP contribution in [0, 0.1) is 6.92 Å². The summed E-state index contributed by atoms with van der Waals surface area (Å²) in [4.78, 5) is 16.6. The van der Waals surface area contributed by atoms with Crippen LogP contribution in [0.25, 0.3) is 11.8 Å². The predicted molar refractivity (Wildman–Crippen MR) is 110 cm³/mol. The summed E-state index contributed by atoms with van der Waals surface area (Å²) in [5.74, 6) is 0.334. The average Bonchev–Trinajstić information content (AvgIpc) is 3.29. The highest BCUT2D eigenvalue weighted by Gasteiger charge is 2.32. The maximum atomic E-state index is 14.3. The van der Waals surface area contributed by atoms with Crippen molar-refractivity contribution in [3.63, 3.8) is 0 Å². The minimum Gasteiger partial charge on any atom is -0.495 e. The molecular formula is C23H22FN3O2. The molecule has 1 heterocycles. The summed E-state index contributed by atoms with van der Waals surface area (Å²) < 4.78 is 21.7. The standard InChI is InChI=1S/C23H22FN3O2/c1-15-13-27(14-25-15)20-9-7-16(11-21(20)29-2)8-10-22(28)26-23-18-6-4-3-5-17(18)12-19(23)24/h3-11,13-14,19,23H,12H2,1-2H3,(H,26,28)/b10-8+/t19-,23?/m0/s1. The first-order chi connectivity index (χ1) is 14.0. The van der Waals surface area contributed by atoms with Gasteiger partial charge in [-0.15, -0.1) is 0 Å². The van der Waals surface area contributed by atoms with E-state index in [9.17, 15) is 9.18 Å². The maximum absolute atomic E-state index is 14.3. The van der Waals surface area contributed by atoms with Crippen molar-refractivity contribution < 1.29 is 13.9 Å². The number of imidazole rings is 1. The van der Waals surface area contributed by atoms with Crippen molar-refractivity contribution in [2.75, 3.05) is 7.11 Å². The average molecular weight is 391 g/mol. The minimum absolute atomic E-state index is 0.331. The van der Waals surface area contributed by atoms with Crippen LogP contribution in [0.3, 0.4) is 0 Å². The van der Waals surface area contributed by atoms with Crippen LogP contribution in [0.4, 0.5) is 4.39 Å². The molecule has 0 fully saturated rings. The third kappa shape index (κ3) is 3.92. The molecule has 5 nitrogen and oxygen atoms in total. The molecule has 1 aliphatic rings. The van der Waals surface area contributed by atoms with E-state index < -0.39 is 12.2 Å². The van der Waals surface area contributed by atoms with Crippen LogP contribution < -0.4 is 10.1 Å². The van der Waals surface area contributed by atoms with E-state index in [-0.39, 0.29) is 5.91 Å². The molecule has 4 rings (SSSR count). The quantitative estimate of drug-likeness (QED) is 0.670. The molecule has 2 atom stereocenters. The fraction of sp³-hybridized carbons (Fsp3) is 0.217. The number of aromatic nitrogens is 2. The lowest BCUT2D eigenvalue weighted by Gasteiger charge is -2.15. The molecule has 1 unspecified atom stereocenters. The van der Waals surface area contributed by atoms with Gasteiger partial charge in [-0.05, 0) is 41.8 Å². The fourth-order valence-corrected chi connectivity index (χ4v) is 3.65. The van der Waals surface area contributed by atoms with E-state index in [1.807, 2.05) is 60.2 Å². The van der Waals surface area contributed by atoms with Gasteiger partial charge in [-0.1, -0.05) is 30.3 Å². The van der Waals surface area contributed by atoms with Crippen LogP contribution in [0.1, 0.15) is 28.4 Å². The molecule has 2 aromatic carbocycles. The van der Waals surface area contributed by atoms with E-state index in [4.69, 9.17) is 4.74 Å². The van der Waals surface area contributed by atoms with Gasteiger partial charge in [0.05, 0.1) is 30.9 Å². The van der Waals surface area contributed by atoms with Crippen molar-refractivity contribution in [3.8, 4) is 11.4 Å². The molecule has 1 amide bonds. The number of fused-ring (bicyclic) bond motifs is 1. The SMILES string of the molecule is COc1cc(/C=C/C(=O)NC2c3ccccc3C[C@@H]2F)ccc1-n1cnc(C)c1. The fourth-order valence-electron chi connectivity index (χ4n) is 3.65. The Kier molecular flexibility index (Phi) is 5.16. The number of rotatable bonds is 5.